The van der Waals surface area contributed by atoms with E-state index in [0.29, 0.717) is 12.0 Å². The van der Waals surface area contributed by atoms with Crippen LogP contribution in [0, 0.1) is 11.7 Å². The van der Waals surface area contributed by atoms with E-state index in [4.69, 9.17) is 11.6 Å². The number of alkyl halides is 1. The minimum atomic E-state index is -0.575. The molecule has 1 aliphatic rings. The van der Waals surface area contributed by atoms with Gasteiger partial charge in [-0.15, -0.1) is 11.6 Å². The predicted octanol–water partition coefficient (Wildman–Crippen LogP) is 2.95. The molecule has 1 unspecified atom stereocenters. The summed E-state index contributed by atoms with van der Waals surface area (Å²) in [5.41, 5.74) is 0.520. The van der Waals surface area contributed by atoms with E-state index < -0.39 is 5.38 Å². The van der Waals surface area contributed by atoms with Crippen LogP contribution in [0.25, 0.3) is 0 Å². The van der Waals surface area contributed by atoms with Crippen LogP contribution in [0.15, 0.2) is 24.3 Å². The summed E-state index contributed by atoms with van der Waals surface area (Å²) in [6, 6.07) is 6.44. The topological polar surface area (TPSA) is 17.1 Å². The number of rotatable bonds is 4. The first-order chi connectivity index (χ1) is 7.18. The molecule has 1 atom stereocenters. The monoisotopic (exact) mass is 226 g/mol. The average molecular weight is 227 g/mol. The highest BCUT2D eigenvalue weighted by molar-refractivity contribution is 6.31. The maximum absolute atomic E-state index is 13.3. The lowest BCUT2D eigenvalue weighted by molar-refractivity contribution is -0.119. The van der Waals surface area contributed by atoms with Gasteiger partial charge >= 0.3 is 0 Å². The summed E-state index contributed by atoms with van der Waals surface area (Å²) in [4.78, 5) is 11.6. The van der Waals surface area contributed by atoms with Crippen LogP contribution in [0.4, 0.5) is 4.39 Å². The van der Waals surface area contributed by atoms with Crippen LogP contribution in [0.2, 0.25) is 0 Å². The van der Waals surface area contributed by atoms with Crippen LogP contribution < -0.4 is 0 Å². The van der Waals surface area contributed by atoms with Crippen molar-refractivity contribution in [2.24, 2.45) is 5.92 Å². The number of carbonyl (C=O) groups is 1. The van der Waals surface area contributed by atoms with Crippen molar-refractivity contribution in [3.8, 4) is 0 Å². The summed E-state index contributed by atoms with van der Waals surface area (Å²) in [6.45, 7) is 0. The summed E-state index contributed by atoms with van der Waals surface area (Å²) in [5, 5.41) is -0.575. The molecular formula is C12H12ClFO. The normalized spacial score (nSPS) is 17.5. The van der Waals surface area contributed by atoms with E-state index in [9.17, 15) is 9.18 Å². The summed E-state index contributed by atoms with van der Waals surface area (Å²) in [5.74, 6) is -0.0778. The van der Waals surface area contributed by atoms with Crippen LogP contribution in [0.5, 0.6) is 0 Å². The zero-order valence-corrected chi connectivity index (χ0v) is 9.01. The zero-order valence-electron chi connectivity index (χ0n) is 8.25. The largest absolute Gasteiger partial charge is 0.298 e. The minimum Gasteiger partial charge on any atom is -0.298 e. The number of carbonyl (C=O) groups excluding carboxylic acids is 1. The lowest BCUT2D eigenvalue weighted by Gasteiger charge is -2.08. The summed E-state index contributed by atoms with van der Waals surface area (Å²) in [7, 11) is 0. The molecule has 0 aromatic heterocycles. The van der Waals surface area contributed by atoms with Gasteiger partial charge < -0.3 is 0 Å². The Morgan fingerprint density at radius 2 is 2.13 bits per heavy atom. The highest BCUT2D eigenvalue weighted by Gasteiger charge is 2.33. The fraction of sp³-hybridized carbons (Fsp3) is 0.417. The van der Waals surface area contributed by atoms with Gasteiger partial charge in [-0.3, -0.25) is 4.79 Å². The third-order valence-corrected chi connectivity index (χ3v) is 3.01. The SMILES string of the molecule is O=C(C(Cl)Cc1ccccc1F)C1CC1. The van der Waals surface area contributed by atoms with E-state index in [0.717, 1.165) is 12.8 Å². The van der Waals surface area contributed by atoms with Gasteiger partial charge in [0.2, 0.25) is 0 Å². The first-order valence-corrected chi connectivity index (χ1v) is 5.53. The smallest absolute Gasteiger partial charge is 0.154 e. The second kappa shape index (κ2) is 4.31. The molecule has 3 heteroatoms. The van der Waals surface area contributed by atoms with Crippen molar-refractivity contribution in [3.63, 3.8) is 0 Å². The zero-order chi connectivity index (χ0) is 10.8. The van der Waals surface area contributed by atoms with E-state index >= 15 is 0 Å². The molecule has 0 N–H and O–H groups in total. The van der Waals surface area contributed by atoms with Crippen LogP contribution in [0.1, 0.15) is 18.4 Å². The molecule has 0 saturated heterocycles. The van der Waals surface area contributed by atoms with Crippen molar-refractivity contribution in [1.29, 1.82) is 0 Å². The van der Waals surface area contributed by atoms with Gasteiger partial charge in [0.05, 0.1) is 5.38 Å². The van der Waals surface area contributed by atoms with Crippen molar-refractivity contribution in [1.82, 2.24) is 0 Å². The van der Waals surface area contributed by atoms with Gasteiger partial charge in [0.1, 0.15) is 5.82 Å². The van der Waals surface area contributed by atoms with Crippen LogP contribution in [-0.2, 0) is 11.2 Å². The lowest BCUT2D eigenvalue weighted by Crippen LogP contribution is -2.19. The maximum atomic E-state index is 13.3. The third kappa shape index (κ3) is 2.57. The van der Waals surface area contributed by atoms with E-state index in [1.54, 1.807) is 18.2 Å². The Hall–Kier alpha value is -0.890. The van der Waals surface area contributed by atoms with Gasteiger partial charge in [0.15, 0.2) is 5.78 Å². The highest BCUT2D eigenvalue weighted by Crippen LogP contribution is 2.32. The van der Waals surface area contributed by atoms with E-state index in [1.165, 1.54) is 6.07 Å². The Morgan fingerprint density at radius 1 is 1.47 bits per heavy atom. The Kier molecular flexibility index (Phi) is 3.06. The number of hydrogen-bond donors (Lipinski definition) is 0. The fourth-order valence-electron chi connectivity index (χ4n) is 1.58. The molecule has 0 aliphatic heterocycles. The molecule has 1 nitrogen and oxygen atoms in total. The number of hydrogen-bond acceptors (Lipinski definition) is 1. The fourth-order valence-corrected chi connectivity index (χ4v) is 1.93. The maximum Gasteiger partial charge on any atom is 0.154 e. The summed E-state index contributed by atoms with van der Waals surface area (Å²) >= 11 is 5.96. The average Bonchev–Trinajstić information content (AvgIpc) is 3.04. The van der Waals surface area contributed by atoms with E-state index in [2.05, 4.69) is 0 Å². The van der Waals surface area contributed by atoms with E-state index in [-0.39, 0.29) is 17.5 Å². The van der Waals surface area contributed by atoms with Gasteiger partial charge in [-0.1, -0.05) is 18.2 Å². The summed E-state index contributed by atoms with van der Waals surface area (Å²) < 4.78 is 13.3. The van der Waals surface area contributed by atoms with Gasteiger partial charge in [0.25, 0.3) is 0 Å². The third-order valence-electron chi connectivity index (χ3n) is 2.65. The minimum absolute atomic E-state index is 0.0694. The molecule has 0 amide bonds. The molecule has 1 aromatic rings. The predicted molar refractivity (Wildman–Crippen MR) is 57.5 cm³/mol. The van der Waals surface area contributed by atoms with Crippen LogP contribution >= 0.6 is 11.6 Å². The molecule has 15 heavy (non-hydrogen) atoms. The first-order valence-electron chi connectivity index (χ1n) is 5.09. The Morgan fingerprint density at radius 3 is 2.73 bits per heavy atom. The second-order valence-corrected chi connectivity index (χ2v) is 4.47. The van der Waals surface area contributed by atoms with Gasteiger partial charge in [-0.25, -0.2) is 4.39 Å². The van der Waals surface area contributed by atoms with Crippen LogP contribution in [0.3, 0.4) is 0 Å². The molecule has 80 valence electrons. The molecule has 0 bridgehead atoms. The highest BCUT2D eigenvalue weighted by atomic mass is 35.5. The van der Waals surface area contributed by atoms with Gasteiger partial charge in [-0.05, 0) is 30.9 Å². The molecule has 1 fully saturated rings. The number of halogens is 2. The second-order valence-electron chi connectivity index (χ2n) is 3.94. The lowest BCUT2D eigenvalue weighted by atomic mass is 10.0. The van der Waals surface area contributed by atoms with Gasteiger partial charge in [-0.2, -0.15) is 0 Å². The van der Waals surface area contributed by atoms with Crippen molar-refractivity contribution >= 4 is 17.4 Å². The molecule has 0 heterocycles. The molecular weight excluding hydrogens is 215 g/mol. The number of Topliss-reactive ketones (excluding diaryl/α,β-unsaturated/α-hetero) is 1. The standard InChI is InChI=1S/C12H12ClFO/c13-10(12(15)8-5-6-8)7-9-3-1-2-4-11(9)14/h1-4,8,10H,5-7H2. The summed E-state index contributed by atoms with van der Waals surface area (Å²) in [6.07, 6.45) is 2.18. The van der Waals surface area contributed by atoms with Gasteiger partial charge in [0, 0.05) is 5.92 Å². The van der Waals surface area contributed by atoms with Crippen LogP contribution in [-0.4, -0.2) is 11.2 Å². The molecule has 1 aromatic carbocycles. The Labute approximate surface area is 93.2 Å². The molecule has 2 rings (SSSR count). The van der Waals surface area contributed by atoms with Crippen molar-refractivity contribution < 1.29 is 9.18 Å². The molecule has 0 radical (unpaired) electrons. The first kappa shape index (κ1) is 10.6. The number of benzene rings is 1. The Balaban J connectivity index is 2.01. The van der Waals surface area contributed by atoms with E-state index in [1.807, 2.05) is 0 Å². The quantitative estimate of drug-likeness (QED) is 0.722. The van der Waals surface area contributed by atoms with Crippen molar-refractivity contribution in [2.45, 2.75) is 24.6 Å². The van der Waals surface area contributed by atoms with Crippen molar-refractivity contribution in [2.75, 3.05) is 0 Å². The molecule has 1 saturated carbocycles. The van der Waals surface area contributed by atoms with Crippen molar-refractivity contribution in [3.05, 3.63) is 35.6 Å². The molecule has 0 spiro atoms. The Bertz CT molecular complexity index is 374. The number of ketones is 1. The molecule has 1 aliphatic carbocycles.